The van der Waals surface area contributed by atoms with Crippen LogP contribution in [0.5, 0.6) is 0 Å². The summed E-state index contributed by atoms with van der Waals surface area (Å²) in [7, 11) is 0. The minimum absolute atomic E-state index is 0.0307. The van der Waals surface area contributed by atoms with Crippen LogP contribution in [0.4, 0.5) is 20.3 Å². The minimum atomic E-state index is -1.14. The van der Waals surface area contributed by atoms with Crippen molar-refractivity contribution in [1.29, 1.82) is 0 Å². The highest BCUT2D eigenvalue weighted by atomic mass is 19.1. The molecule has 4 N–H and O–H groups in total. The molecule has 0 aromatic carbocycles. The van der Waals surface area contributed by atoms with Crippen molar-refractivity contribution in [1.82, 2.24) is 24.9 Å². The van der Waals surface area contributed by atoms with Gasteiger partial charge < -0.3 is 16.4 Å². The van der Waals surface area contributed by atoms with Crippen molar-refractivity contribution in [2.75, 3.05) is 17.6 Å². The van der Waals surface area contributed by atoms with Gasteiger partial charge in [-0.05, 0) is 25.8 Å². The third kappa shape index (κ3) is 4.47. The first kappa shape index (κ1) is 21.4. The molecule has 8 nitrogen and oxygen atoms in total. The van der Waals surface area contributed by atoms with Crippen LogP contribution in [0.25, 0.3) is 16.9 Å². The summed E-state index contributed by atoms with van der Waals surface area (Å²) in [5, 5.41) is 9.91. The van der Waals surface area contributed by atoms with E-state index in [4.69, 9.17) is 5.73 Å². The molecule has 0 aliphatic carbocycles. The lowest BCUT2D eigenvalue weighted by molar-refractivity contribution is 0.0935. The first-order chi connectivity index (χ1) is 14.2. The fraction of sp³-hybridized carbons (Fsp3) is 0.400. The van der Waals surface area contributed by atoms with Gasteiger partial charge in [-0.2, -0.15) is 5.10 Å². The summed E-state index contributed by atoms with van der Waals surface area (Å²) in [5.41, 5.74) is 7.76. The Morgan fingerprint density at radius 2 is 2.00 bits per heavy atom. The number of anilines is 2. The molecule has 0 bridgehead atoms. The van der Waals surface area contributed by atoms with Crippen LogP contribution in [-0.4, -0.2) is 44.2 Å². The number of pyridine rings is 1. The molecular weight excluding hydrogens is 392 g/mol. The van der Waals surface area contributed by atoms with E-state index in [-0.39, 0.29) is 24.3 Å². The average molecular weight is 417 g/mol. The number of alkyl halides is 1. The van der Waals surface area contributed by atoms with E-state index >= 15 is 0 Å². The van der Waals surface area contributed by atoms with Gasteiger partial charge in [0, 0.05) is 18.8 Å². The summed E-state index contributed by atoms with van der Waals surface area (Å²) in [6.45, 7) is 7.28. The lowest BCUT2D eigenvalue weighted by atomic mass is 10.1. The van der Waals surface area contributed by atoms with E-state index in [1.165, 1.54) is 16.9 Å². The van der Waals surface area contributed by atoms with Crippen LogP contribution in [0.1, 0.15) is 38.1 Å². The molecule has 160 valence electrons. The first-order valence-corrected chi connectivity index (χ1v) is 9.66. The largest absolute Gasteiger partial charge is 0.382 e. The molecule has 0 saturated carbocycles. The Bertz CT molecular complexity index is 1060. The van der Waals surface area contributed by atoms with Crippen molar-refractivity contribution in [2.45, 2.75) is 39.9 Å². The summed E-state index contributed by atoms with van der Waals surface area (Å²) < 4.78 is 28.8. The fourth-order valence-electron chi connectivity index (χ4n) is 2.82. The summed E-state index contributed by atoms with van der Waals surface area (Å²) in [6, 6.07) is 1.71. The Labute approximate surface area is 172 Å². The zero-order chi connectivity index (χ0) is 22.0. The smallest absolute Gasteiger partial charge is 0.255 e. The van der Waals surface area contributed by atoms with Gasteiger partial charge in [0.1, 0.15) is 6.17 Å². The molecule has 0 radical (unpaired) electrons. The second-order valence-corrected chi connectivity index (χ2v) is 7.68. The number of rotatable bonds is 7. The maximum Gasteiger partial charge on any atom is 0.255 e. The highest BCUT2D eigenvalue weighted by Crippen LogP contribution is 2.27. The van der Waals surface area contributed by atoms with Gasteiger partial charge in [0.25, 0.3) is 5.91 Å². The molecule has 0 spiro atoms. The summed E-state index contributed by atoms with van der Waals surface area (Å²) in [5.74, 6) is -1.54. The number of nitrogen functional groups attached to an aromatic ring is 1. The van der Waals surface area contributed by atoms with Crippen LogP contribution < -0.4 is 16.4 Å². The molecule has 3 heterocycles. The maximum absolute atomic E-state index is 13.9. The van der Waals surface area contributed by atoms with Crippen molar-refractivity contribution < 1.29 is 13.6 Å². The monoisotopic (exact) mass is 417 g/mol. The third-order valence-corrected chi connectivity index (χ3v) is 4.53. The molecule has 0 aliphatic heterocycles. The predicted molar refractivity (Wildman–Crippen MR) is 111 cm³/mol. The highest BCUT2D eigenvalue weighted by Gasteiger charge is 2.19. The second kappa shape index (κ2) is 8.60. The molecule has 30 heavy (non-hydrogen) atoms. The number of nitrogens with one attached hydrogen (secondary N) is 2. The Morgan fingerprint density at radius 1 is 1.27 bits per heavy atom. The van der Waals surface area contributed by atoms with Crippen molar-refractivity contribution in [3.8, 4) is 11.3 Å². The zero-order valence-electron chi connectivity index (χ0n) is 17.3. The quantitative estimate of drug-likeness (QED) is 0.545. The van der Waals surface area contributed by atoms with E-state index in [1.54, 1.807) is 19.9 Å². The molecule has 1 atom stereocenters. The second-order valence-electron chi connectivity index (χ2n) is 7.68. The number of hydrogen-bond acceptors (Lipinski definition) is 6. The molecule has 3 aromatic heterocycles. The first-order valence-electron chi connectivity index (χ1n) is 9.66. The van der Waals surface area contributed by atoms with Gasteiger partial charge in [0.2, 0.25) is 0 Å². The standard InChI is InChI=1S/C20H25F2N7O/c1-10(2)14(21)8-25-20(30)13-6-24-16(5-17(13)27-11(3)4)12-7-26-29-9-15(22)18(23)28-19(12)29/h5-7,9-11,14H,8H2,1-4H3,(H2,23,28)(H,24,27)(H,25,30). The number of fused-ring (bicyclic) bond motifs is 1. The van der Waals surface area contributed by atoms with Gasteiger partial charge >= 0.3 is 0 Å². The highest BCUT2D eigenvalue weighted by molar-refractivity contribution is 6.00. The molecule has 0 aliphatic rings. The lowest BCUT2D eigenvalue weighted by Crippen LogP contribution is -2.33. The van der Waals surface area contributed by atoms with Crippen LogP contribution in [0, 0.1) is 11.7 Å². The number of nitrogens with two attached hydrogens (primary N) is 1. The Hall–Kier alpha value is -3.30. The number of carbonyl (C=O) groups excluding carboxylic acids is 1. The normalized spacial score (nSPS) is 12.5. The molecule has 10 heteroatoms. The van der Waals surface area contributed by atoms with E-state index in [9.17, 15) is 13.6 Å². The van der Waals surface area contributed by atoms with Crippen molar-refractivity contribution in [2.24, 2.45) is 5.92 Å². The molecular formula is C20H25F2N7O. The summed E-state index contributed by atoms with van der Waals surface area (Å²) in [4.78, 5) is 21.0. The molecule has 1 unspecified atom stereocenters. The van der Waals surface area contributed by atoms with Crippen molar-refractivity contribution in [3.05, 3.63) is 36.0 Å². The molecule has 3 aromatic rings. The third-order valence-electron chi connectivity index (χ3n) is 4.53. The van der Waals surface area contributed by atoms with Crippen molar-refractivity contribution in [3.63, 3.8) is 0 Å². The number of amides is 1. The molecule has 0 fully saturated rings. The topological polar surface area (TPSA) is 110 Å². The SMILES string of the molecule is CC(C)Nc1cc(-c2cnn3cc(F)c(N)nc23)ncc1C(=O)NCC(F)C(C)C. The molecule has 1 amide bonds. The van der Waals surface area contributed by atoms with Gasteiger partial charge in [-0.3, -0.25) is 9.78 Å². The van der Waals surface area contributed by atoms with Crippen LogP contribution >= 0.6 is 0 Å². The number of hydrogen-bond donors (Lipinski definition) is 3. The molecule has 0 saturated heterocycles. The Balaban J connectivity index is 1.97. The number of halogens is 2. The van der Waals surface area contributed by atoms with Crippen molar-refractivity contribution >= 4 is 23.1 Å². The van der Waals surface area contributed by atoms with Gasteiger partial charge in [-0.25, -0.2) is 18.3 Å². The predicted octanol–water partition coefficient (Wildman–Crippen LogP) is 3.06. The van der Waals surface area contributed by atoms with E-state index in [0.717, 1.165) is 6.20 Å². The van der Waals surface area contributed by atoms with Gasteiger partial charge in [0.15, 0.2) is 17.3 Å². The molecule has 3 rings (SSSR count). The van der Waals surface area contributed by atoms with Crippen LogP contribution in [0.2, 0.25) is 0 Å². The number of carbonyl (C=O) groups is 1. The maximum atomic E-state index is 13.9. The zero-order valence-corrected chi connectivity index (χ0v) is 17.3. The average Bonchev–Trinajstić information content (AvgIpc) is 3.08. The van der Waals surface area contributed by atoms with E-state index < -0.39 is 17.9 Å². The summed E-state index contributed by atoms with van der Waals surface area (Å²) >= 11 is 0. The van der Waals surface area contributed by atoms with Crippen LogP contribution in [0.3, 0.4) is 0 Å². The van der Waals surface area contributed by atoms with Gasteiger partial charge in [-0.1, -0.05) is 13.8 Å². The Morgan fingerprint density at radius 3 is 2.67 bits per heavy atom. The number of nitrogens with zero attached hydrogens (tertiary/aromatic N) is 4. The van der Waals surface area contributed by atoms with Gasteiger partial charge in [0.05, 0.1) is 34.9 Å². The number of aromatic nitrogens is 4. The van der Waals surface area contributed by atoms with Gasteiger partial charge in [-0.15, -0.1) is 0 Å². The van der Waals surface area contributed by atoms with Crippen LogP contribution in [0.15, 0.2) is 24.7 Å². The summed E-state index contributed by atoms with van der Waals surface area (Å²) in [6.07, 6.45) is 2.91. The van der Waals surface area contributed by atoms with E-state index in [2.05, 4.69) is 25.7 Å². The van der Waals surface area contributed by atoms with E-state index in [0.29, 0.717) is 28.2 Å². The Kier molecular flexibility index (Phi) is 6.14. The van der Waals surface area contributed by atoms with E-state index in [1.807, 2.05) is 13.8 Å². The fourth-order valence-corrected chi connectivity index (χ4v) is 2.82. The minimum Gasteiger partial charge on any atom is -0.382 e. The van der Waals surface area contributed by atoms with Crippen LogP contribution in [-0.2, 0) is 0 Å². The lowest BCUT2D eigenvalue weighted by Gasteiger charge is -2.17.